The van der Waals surface area contributed by atoms with Crippen LogP contribution in [0, 0.1) is 0 Å². The van der Waals surface area contributed by atoms with Crippen molar-refractivity contribution < 1.29 is 14.3 Å². The minimum absolute atomic E-state index is 0.458. The van der Waals surface area contributed by atoms with Crippen LogP contribution >= 0.6 is 0 Å². The summed E-state index contributed by atoms with van der Waals surface area (Å²) >= 11 is 0. The van der Waals surface area contributed by atoms with Gasteiger partial charge >= 0.3 is 0 Å². The molecule has 5 nitrogen and oxygen atoms in total. The summed E-state index contributed by atoms with van der Waals surface area (Å²) in [5.41, 5.74) is 3.34. The maximum absolute atomic E-state index is 11.1. The second kappa shape index (κ2) is 4.85. The first-order chi connectivity index (χ1) is 9.33. The number of hydrogen-bond acceptors (Lipinski definition) is 4. The molecule has 0 spiro atoms. The van der Waals surface area contributed by atoms with Crippen molar-refractivity contribution in [2.45, 2.75) is 13.0 Å². The van der Waals surface area contributed by atoms with E-state index in [1.165, 1.54) is 0 Å². The van der Waals surface area contributed by atoms with Crippen LogP contribution in [0.1, 0.15) is 21.7 Å². The summed E-state index contributed by atoms with van der Waals surface area (Å²) in [4.78, 5) is 11.1. The largest absolute Gasteiger partial charge is 0.497 e. The molecule has 0 bridgehead atoms. The van der Waals surface area contributed by atoms with E-state index in [1.807, 2.05) is 28.9 Å². The lowest BCUT2D eigenvalue weighted by atomic mass is 10.1. The SMILES string of the molecule is COc1ccc(-n2nc(C=O)c3c2CCOC3)cc1. The Labute approximate surface area is 110 Å². The molecule has 0 radical (unpaired) electrons. The third-order valence-corrected chi connectivity index (χ3v) is 3.28. The number of benzene rings is 1. The molecule has 5 heteroatoms. The molecular formula is C14H14N2O3. The topological polar surface area (TPSA) is 53.4 Å². The lowest BCUT2D eigenvalue weighted by molar-refractivity contribution is 0.105. The number of nitrogens with zero attached hydrogens (tertiary/aromatic N) is 2. The van der Waals surface area contributed by atoms with E-state index in [4.69, 9.17) is 9.47 Å². The van der Waals surface area contributed by atoms with Crippen molar-refractivity contribution in [3.8, 4) is 11.4 Å². The smallest absolute Gasteiger partial charge is 0.170 e. The predicted molar refractivity (Wildman–Crippen MR) is 68.9 cm³/mol. The van der Waals surface area contributed by atoms with Crippen molar-refractivity contribution in [1.29, 1.82) is 0 Å². The molecule has 3 rings (SSSR count). The van der Waals surface area contributed by atoms with Gasteiger partial charge in [0.1, 0.15) is 11.4 Å². The second-order valence-corrected chi connectivity index (χ2v) is 4.34. The van der Waals surface area contributed by atoms with Crippen LogP contribution in [0.25, 0.3) is 5.69 Å². The molecule has 19 heavy (non-hydrogen) atoms. The molecule has 0 aliphatic carbocycles. The van der Waals surface area contributed by atoms with Crippen molar-refractivity contribution in [2.75, 3.05) is 13.7 Å². The standard InChI is InChI=1S/C14H14N2O3/c1-18-11-4-2-10(3-5-11)16-14-6-7-19-9-12(14)13(8-17)15-16/h2-5,8H,6-7,9H2,1H3. The van der Waals surface area contributed by atoms with Gasteiger partial charge in [-0.05, 0) is 24.3 Å². The van der Waals surface area contributed by atoms with Gasteiger partial charge in [0.05, 0.1) is 31.7 Å². The number of fused-ring (bicyclic) bond motifs is 1. The molecule has 0 atom stereocenters. The number of hydrogen-bond donors (Lipinski definition) is 0. The Bertz CT molecular complexity index is 602. The number of aromatic nitrogens is 2. The fraction of sp³-hybridized carbons (Fsp3) is 0.286. The summed E-state index contributed by atoms with van der Waals surface area (Å²) in [6, 6.07) is 7.61. The van der Waals surface area contributed by atoms with Crippen LogP contribution < -0.4 is 4.74 Å². The summed E-state index contributed by atoms with van der Waals surface area (Å²) in [5.74, 6) is 0.795. The number of rotatable bonds is 3. The molecule has 1 aromatic heterocycles. The van der Waals surface area contributed by atoms with Gasteiger partial charge < -0.3 is 9.47 Å². The third kappa shape index (κ3) is 2.02. The van der Waals surface area contributed by atoms with Gasteiger partial charge in [-0.2, -0.15) is 5.10 Å². The van der Waals surface area contributed by atoms with Gasteiger partial charge in [0, 0.05) is 12.0 Å². The molecule has 2 heterocycles. The molecule has 0 saturated heterocycles. The molecular weight excluding hydrogens is 244 g/mol. The van der Waals surface area contributed by atoms with Crippen LogP contribution in [0.15, 0.2) is 24.3 Å². The number of carbonyl (C=O) groups is 1. The average molecular weight is 258 g/mol. The highest BCUT2D eigenvalue weighted by Crippen LogP contribution is 2.24. The maximum Gasteiger partial charge on any atom is 0.170 e. The molecule has 98 valence electrons. The van der Waals surface area contributed by atoms with E-state index in [9.17, 15) is 4.79 Å². The lowest BCUT2D eigenvalue weighted by Gasteiger charge is -2.14. The molecule has 0 saturated carbocycles. The molecule has 0 N–H and O–H groups in total. The van der Waals surface area contributed by atoms with Crippen LogP contribution in [0.4, 0.5) is 0 Å². The Hall–Kier alpha value is -2.14. The van der Waals surface area contributed by atoms with Crippen molar-refractivity contribution in [3.63, 3.8) is 0 Å². The zero-order valence-corrected chi connectivity index (χ0v) is 10.6. The molecule has 0 unspecified atom stereocenters. The van der Waals surface area contributed by atoms with E-state index >= 15 is 0 Å². The molecule has 1 aromatic carbocycles. The third-order valence-electron chi connectivity index (χ3n) is 3.28. The Kier molecular flexibility index (Phi) is 3.05. The summed E-state index contributed by atoms with van der Waals surface area (Å²) in [5, 5.41) is 4.36. The predicted octanol–water partition coefficient (Wildman–Crippen LogP) is 1.77. The first kappa shape index (κ1) is 11.9. The van der Waals surface area contributed by atoms with Crippen molar-refractivity contribution >= 4 is 6.29 Å². The normalized spacial score (nSPS) is 13.9. The van der Waals surface area contributed by atoms with Crippen LogP contribution in [0.3, 0.4) is 0 Å². The van der Waals surface area contributed by atoms with Crippen molar-refractivity contribution in [1.82, 2.24) is 9.78 Å². The summed E-state index contributed by atoms with van der Waals surface area (Å²) in [6.07, 6.45) is 1.55. The van der Waals surface area contributed by atoms with Gasteiger partial charge in [0.15, 0.2) is 6.29 Å². The Morgan fingerprint density at radius 1 is 1.37 bits per heavy atom. The van der Waals surface area contributed by atoms with Gasteiger partial charge in [-0.1, -0.05) is 0 Å². The summed E-state index contributed by atoms with van der Waals surface area (Å²) < 4.78 is 12.4. The fourth-order valence-electron chi connectivity index (χ4n) is 2.29. The van der Waals surface area contributed by atoms with Crippen molar-refractivity contribution in [2.24, 2.45) is 0 Å². The Morgan fingerprint density at radius 2 is 2.16 bits per heavy atom. The minimum Gasteiger partial charge on any atom is -0.497 e. The first-order valence-electron chi connectivity index (χ1n) is 6.11. The van der Waals surface area contributed by atoms with Gasteiger partial charge in [-0.3, -0.25) is 4.79 Å². The molecule has 0 amide bonds. The number of carbonyl (C=O) groups excluding carboxylic acids is 1. The van der Waals surface area contributed by atoms with Crippen LogP contribution in [-0.2, 0) is 17.8 Å². The van der Waals surface area contributed by atoms with Gasteiger partial charge in [0.2, 0.25) is 0 Å². The highest BCUT2D eigenvalue weighted by Gasteiger charge is 2.21. The fourth-order valence-corrected chi connectivity index (χ4v) is 2.29. The van der Waals surface area contributed by atoms with E-state index in [2.05, 4.69) is 5.10 Å². The van der Waals surface area contributed by atoms with Gasteiger partial charge in [-0.25, -0.2) is 4.68 Å². The van der Waals surface area contributed by atoms with Crippen LogP contribution in [0.5, 0.6) is 5.75 Å². The Morgan fingerprint density at radius 3 is 2.84 bits per heavy atom. The van der Waals surface area contributed by atoms with Crippen LogP contribution in [0.2, 0.25) is 0 Å². The summed E-state index contributed by atoms with van der Waals surface area (Å²) in [7, 11) is 1.63. The lowest BCUT2D eigenvalue weighted by Crippen LogP contribution is -2.13. The van der Waals surface area contributed by atoms with Gasteiger partial charge in [-0.15, -0.1) is 0 Å². The number of methoxy groups -OCH3 is 1. The van der Waals surface area contributed by atoms with Crippen LogP contribution in [-0.4, -0.2) is 29.8 Å². The first-order valence-corrected chi connectivity index (χ1v) is 6.11. The quantitative estimate of drug-likeness (QED) is 0.787. The Balaban J connectivity index is 2.08. The van der Waals surface area contributed by atoms with Crippen molar-refractivity contribution in [3.05, 3.63) is 41.2 Å². The molecule has 1 aliphatic rings. The second-order valence-electron chi connectivity index (χ2n) is 4.34. The van der Waals surface area contributed by atoms with E-state index in [1.54, 1.807) is 7.11 Å². The van der Waals surface area contributed by atoms with Gasteiger partial charge in [0.25, 0.3) is 0 Å². The summed E-state index contributed by atoms with van der Waals surface area (Å²) in [6.45, 7) is 1.12. The van der Waals surface area contributed by atoms with E-state index in [-0.39, 0.29) is 0 Å². The number of ether oxygens (including phenoxy) is 2. The molecule has 1 aliphatic heterocycles. The minimum atomic E-state index is 0.458. The zero-order valence-electron chi connectivity index (χ0n) is 10.6. The monoisotopic (exact) mass is 258 g/mol. The zero-order chi connectivity index (χ0) is 13.2. The highest BCUT2D eigenvalue weighted by molar-refractivity contribution is 5.75. The highest BCUT2D eigenvalue weighted by atomic mass is 16.5. The molecule has 0 fully saturated rings. The maximum atomic E-state index is 11.1. The average Bonchev–Trinajstić information content (AvgIpc) is 2.86. The van der Waals surface area contributed by atoms with E-state index in [0.717, 1.165) is 35.4 Å². The van der Waals surface area contributed by atoms with E-state index < -0.39 is 0 Å². The van der Waals surface area contributed by atoms with E-state index in [0.29, 0.717) is 18.9 Å². The number of aldehydes is 1. The molecule has 2 aromatic rings.